The number of carbonyl (C=O) groups is 1. The number of hydrogen-bond donors (Lipinski definition) is 5. The number of hydrogen-bond acceptors (Lipinski definition) is 4. The SMILES string of the molecule is O=C(CCC(P(=O)(O)O)P(=O)(O)O)c1ccccc1O. The van der Waals surface area contributed by atoms with Gasteiger partial charge in [0, 0.05) is 6.42 Å². The molecule has 1 rings (SSSR count). The van der Waals surface area contributed by atoms with Crippen molar-refractivity contribution in [2.24, 2.45) is 0 Å². The summed E-state index contributed by atoms with van der Waals surface area (Å²) in [5, 5.41) is 7.22. The number of phenolic OH excluding ortho intramolecular Hbond substituents is 1. The maximum atomic E-state index is 11.8. The molecule has 0 spiro atoms. The largest absolute Gasteiger partial charge is 0.507 e. The average Bonchev–Trinajstić information content (AvgIpc) is 2.25. The molecule has 5 N–H and O–H groups in total. The van der Waals surface area contributed by atoms with E-state index in [-0.39, 0.29) is 11.3 Å². The van der Waals surface area contributed by atoms with Crippen LogP contribution in [0.3, 0.4) is 0 Å². The Morgan fingerprint density at radius 3 is 2.00 bits per heavy atom. The molecular weight excluding hydrogens is 310 g/mol. The molecule has 0 bridgehead atoms. The molecule has 0 aliphatic heterocycles. The van der Waals surface area contributed by atoms with E-state index in [9.17, 15) is 19.0 Å². The molecule has 10 heteroatoms. The molecule has 20 heavy (non-hydrogen) atoms. The van der Waals surface area contributed by atoms with Gasteiger partial charge in [0.15, 0.2) is 11.2 Å². The molecule has 0 unspecified atom stereocenters. The first-order chi connectivity index (χ1) is 9.03. The van der Waals surface area contributed by atoms with E-state index < -0.39 is 39.2 Å². The van der Waals surface area contributed by atoms with E-state index in [1.54, 1.807) is 0 Å². The molecule has 0 saturated carbocycles. The highest BCUT2D eigenvalue weighted by Crippen LogP contribution is 2.61. The van der Waals surface area contributed by atoms with Crippen molar-refractivity contribution in [2.45, 2.75) is 18.2 Å². The normalized spacial score (nSPS) is 12.7. The predicted molar refractivity (Wildman–Crippen MR) is 69.5 cm³/mol. The fourth-order valence-corrected chi connectivity index (χ4v) is 4.14. The van der Waals surface area contributed by atoms with Gasteiger partial charge in [0.25, 0.3) is 0 Å². The summed E-state index contributed by atoms with van der Waals surface area (Å²) in [7, 11) is -10.1. The van der Waals surface area contributed by atoms with Gasteiger partial charge in [0.05, 0.1) is 5.56 Å². The summed E-state index contributed by atoms with van der Waals surface area (Å²) in [6.45, 7) is 0. The van der Waals surface area contributed by atoms with Crippen LogP contribution in [0.2, 0.25) is 0 Å². The molecule has 0 aliphatic rings. The number of para-hydroxylation sites is 1. The van der Waals surface area contributed by atoms with Gasteiger partial charge in [-0.15, -0.1) is 0 Å². The molecule has 0 aromatic heterocycles. The van der Waals surface area contributed by atoms with E-state index in [0.717, 1.165) is 0 Å². The quantitative estimate of drug-likeness (QED) is 0.384. The van der Waals surface area contributed by atoms with Crippen LogP contribution in [-0.2, 0) is 9.13 Å². The molecule has 0 amide bonds. The predicted octanol–water partition coefficient (Wildman–Crippen LogP) is 1.04. The molecule has 0 radical (unpaired) electrons. The number of ketones is 1. The Labute approximate surface area is 114 Å². The minimum absolute atomic E-state index is 0.0670. The van der Waals surface area contributed by atoms with Gasteiger partial charge in [-0.25, -0.2) is 0 Å². The molecule has 0 atom stereocenters. The second-order valence-corrected chi connectivity index (χ2v) is 8.15. The second kappa shape index (κ2) is 6.18. The Morgan fingerprint density at radius 2 is 1.55 bits per heavy atom. The topological polar surface area (TPSA) is 152 Å². The third-order valence-electron chi connectivity index (χ3n) is 2.61. The molecule has 0 saturated heterocycles. The van der Waals surface area contributed by atoms with E-state index in [0.29, 0.717) is 0 Å². The third kappa shape index (κ3) is 4.52. The van der Waals surface area contributed by atoms with Crippen LogP contribution < -0.4 is 0 Å². The van der Waals surface area contributed by atoms with Gasteiger partial charge in [-0.3, -0.25) is 13.9 Å². The number of aromatic hydroxyl groups is 1. The summed E-state index contributed by atoms with van der Waals surface area (Å²) in [6, 6.07) is 5.54. The van der Waals surface area contributed by atoms with Crippen molar-refractivity contribution in [2.75, 3.05) is 0 Å². The van der Waals surface area contributed by atoms with Crippen LogP contribution in [0.5, 0.6) is 5.75 Å². The molecule has 0 fully saturated rings. The van der Waals surface area contributed by atoms with Crippen LogP contribution in [0.4, 0.5) is 0 Å². The van der Waals surface area contributed by atoms with E-state index in [1.807, 2.05) is 0 Å². The van der Waals surface area contributed by atoms with Gasteiger partial charge in [0.2, 0.25) is 0 Å². The number of carbonyl (C=O) groups excluding carboxylic acids is 1. The zero-order valence-electron chi connectivity index (χ0n) is 10.2. The number of rotatable bonds is 6. The van der Waals surface area contributed by atoms with Crippen LogP contribution in [0, 0.1) is 0 Å². The lowest BCUT2D eigenvalue weighted by Crippen LogP contribution is -2.12. The van der Waals surface area contributed by atoms with E-state index in [4.69, 9.17) is 19.6 Å². The fourth-order valence-electron chi connectivity index (χ4n) is 1.64. The van der Waals surface area contributed by atoms with Crippen molar-refractivity contribution >= 4 is 21.0 Å². The lowest BCUT2D eigenvalue weighted by Gasteiger charge is -2.19. The van der Waals surface area contributed by atoms with E-state index >= 15 is 0 Å². The second-order valence-electron chi connectivity index (χ2n) is 4.14. The molecule has 1 aromatic carbocycles. The van der Waals surface area contributed by atoms with Crippen LogP contribution in [0.1, 0.15) is 23.2 Å². The van der Waals surface area contributed by atoms with Crippen molar-refractivity contribution in [3.05, 3.63) is 29.8 Å². The summed E-state index contributed by atoms with van der Waals surface area (Å²) in [4.78, 5) is 47.4. The minimum Gasteiger partial charge on any atom is -0.507 e. The number of phenols is 1. The average molecular weight is 324 g/mol. The molecule has 0 aliphatic carbocycles. The Morgan fingerprint density at radius 1 is 1.05 bits per heavy atom. The third-order valence-corrected chi connectivity index (χ3v) is 6.49. The highest BCUT2D eigenvalue weighted by molar-refractivity contribution is 7.70. The summed E-state index contributed by atoms with van der Waals surface area (Å²) in [6.07, 6.45) is -1.18. The maximum Gasteiger partial charge on any atom is 0.340 e. The minimum atomic E-state index is -5.03. The van der Waals surface area contributed by atoms with Gasteiger partial charge in [0.1, 0.15) is 5.75 Å². The summed E-state index contributed by atoms with van der Waals surface area (Å²) in [5.41, 5.74) is -0.0670. The zero-order valence-corrected chi connectivity index (χ0v) is 11.9. The summed E-state index contributed by atoms with van der Waals surface area (Å²) >= 11 is 0. The van der Waals surface area contributed by atoms with Crippen LogP contribution >= 0.6 is 15.2 Å². The van der Waals surface area contributed by atoms with Gasteiger partial charge >= 0.3 is 15.2 Å². The lowest BCUT2D eigenvalue weighted by molar-refractivity contribution is 0.0978. The Bertz CT molecular complexity index is 565. The van der Waals surface area contributed by atoms with Gasteiger partial charge in [-0.05, 0) is 18.6 Å². The number of benzene rings is 1. The standard InChI is InChI=1S/C10H14O8P2/c11-8-4-2-1-3-7(8)9(12)5-6-10(19(13,14)15)20(16,17)18/h1-4,10-11H,5-6H2,(H2,13,14,15)(H2,16,17,18). The van der Waals surface area contributed by atoms with Crippen LogP contribution in [-0.4, -0.2) is 35.9 Å². The van der Waals surface area contributed by atoms with Gasteiger partial charge in [-0.1, -0.05) is 12.1 Å². The highest BCUT2D eigenvalue weighted by atomic mass is 31.2. The Balaban J connectivity index is 2.85. The summed E-state index contributed by atoms with van der Waals surface area (Å²) in [5.74, 6) is -0.962. The van der Waals surface area contributed by atoms with Gasteiger partial charge < -0.3 is 24.7 Å². The van der Waals surface area contributed by atoms with E-state index in [2.05, 4.69) is 0 Å². The summed E-state index contributed by atoms with van der Waals surface area (Å²) < 4.78 is 22.1. The molecule has 8 nitrogen and oxygen atoms in total. The van der Waals surface area contributed by atoms with E-state index in [1.165, 1.54) is 24.3 Å². The maximum absolute atomic E-state index is 11.8. The lowest BCUT2D eigenvalue weighted by atomic mass is 10.1. The van der Waals surface area contributed by atoms with Crippen LogP contribution in [0.25, 0.3) is 0 Å². The Hall–Kier alpha value is -1.01. The monoisotopic (exact) mass is 324 g/mol. The van der Waals surface area contributed by atoms with Crippen LogP contribution in [0.15, 0.2) is 24.3 Å². The molecule has 0 heterocycles. The smallest absolute Gasteiger partial charge is 0.340 e. The first-order valence-electron chi connectivity index (χ1n) is 5.45. The molecule has 1 aromatic rings. The van der Waals surface area contributed by atoms with Crippen molar-refractivity contribution in [3.8, 4) is 5.75 Å². The van der Waals surface area contributed by atoms with Crippen molar-refractivity contribution < 1.29 is 38.6 Å². The van der Waals surface area contributed by atoms with Gasteiger partial charge in [-0.2, -0.15) is 0 Å². The first kappa shape index (κ1) is 17.0. The number of Topliss-reactive ketones (excluding diaryl/α,β-unsaturated/α-hetero) is 1. The van der Waals surface area contributed by atoms with Crippen molar-refractivity contribution in [1.82, 2.24) is 0 Å². The van der Waals surface area contributed by atoms with Crippen molar-refractivity contribution in [3.63, 3.8) is 0 Å². The van der Waals surface area contributed by atoms with Crippen molar-refractivity contribution in [1.29, 1.82) is 0 Å². The molecule has 112 valence electrons. The highest BCUT2D eigenvalue weighted by Gasteiger charge is 2.43. The Kier molecular flexibility index (Phi) is 5.27. The first-order valence-corrected chi connectivity index (χ1v) is 8.81. The molecular formula is C10H14O8P2. The zero-order chi connectivity index (χ0) is 15.6. The fraction of sp³-hybridized carbons (Fsp3) is 0.300.